The van der Waals surface area contributed by atoms with Gasteiger partial charge in [0.2, 0.25) is 0 Å². The highest BCUT2D eigenvalue weighted by atomic mass is 32.1. The van der Waals surface area contributed by atoms with Crippen molar-refractivity contribution in [2.45, 2.75) is 12.6 Å². The monoisotopic (exact) mass is 345 g/mol. The zero-order valence-corrected chi connectivity index (χ0v) is 12.3. The summed E-state index contributed by atoms with van der Waals surface area (Å²) in [6.45, 7) is 0.0235. The fourth-order valence-electron chi connectivity index (χ4n) is 1.76. The van der Waals surface area contributed by atoms with Crippen molar-refractivity contribution in [2.75, 3.05) is 6.54 Å². The molecule has 0 atom stereocenters. The molecule has 0 unspecified atom stereocenters. The van der Waals surface area contributed by atoms with Gasteiger partial charge in [-0.3, -0.25) is 14.9 Å². The summed E-state index contributed by atoms with van der Waals surface area (Å²) >= 11 is 0.841. The van der Waals surface area contributed by atoms with Crippen LogP contribution in [0.1, 0.15) is 21.1 Å². The van der Waals surface area contributed by atoms with Crippen LogP contribution >= 0.6 is 11.3 Å². The number of amides is 1. The molecule has 1 N–H and O–H groups in total. The molecule has 1 heterocycles. The van der Waals surface area contributed by atoms with Crippen molar-refractivity contribution in [1.82, 2.24) is 10.3 Å². The molecule has 10 heteroatoms. The van der Waals surface area contributed by atoms with Gasteiger partial charge in [0, 0.05) is 24.4 Å². The predicted octanol–water partition coefficient (Wildman–Crippen LogP) is 3.04. The van der Waals surface area contributed by atoms with E-state index in [0.717, 1.165) is 16.7 Å². The maximum atomic E-state index is 12.4. The SMILES string of the molecule is O=C(NCCc1nc(C(F)(F)F)cs1)c1ccccc1[N+](=O)[O-]. The lowest BCUT2D eigenvalue weighted by Gasteiger charge is -2.04. The van der Waals surface area contributed by atoms with Gasteiger partial charge in [0.25, 0.3) is 11.6 Å². The first kappa shape index (κ1) is 16.9. The summed E-state index contributed by atoms with van der Waals surface area (Å²) in [5.41, 5.74) is -1.41. The summed E-state index contributed by atoms with van der Waals surface area (Å²) in [4.78, 5) is 25.5. The van der Waals surface area contributed by atoms with Crippen molar-refractivity contribution in [3.63, 3.8) is 0 Å². The van der Waals surface area contributed by atoms with Gasteiger partial charge < -0.3 is 5.32 Å². The number of rotatable bonds is 5. The molecule has 2 rings (SSSR count). The van der Waals surface area contributed by atoms with E-state index in [0.29, 0.717) is 0 Å². The Morgan fingerprint density at radius 2 is 2.04 bits per heavy atom. The van der Waals surface area contributed by atoms with E-state index >= 15 is 0 Å². The van der Waals surface area contributed by atoms with E-state index in [4.69, 9.17) is 0 Å². The quantitative estimate of drug-likeness (QED) is 0.667. The molecule has 0 saturated heterocycles. The van der Waals surface area contributed by atoms with Crippen LogP contribution in [0.5, 0.6) is 0 Å². The van der Waals surface area contributed by atoms with E-state index < -0.39 is 22.7 Å². The molecule has 0 aliphatic rings. The number of hydrogen-bond acceptors (Lipinski definition) is 5. The summed E-state index contributed by atoms with van der Waals surface area (Å²) in [5.74, 6) is -0.662. The number of nitro benzene ring substituents is 1. The van der Waals surface area contributed by atoms with Gasteiger partial charge in [-0.15, -0.1) is 11.3 Å². The molecule has 122 valence electrons. The van der Waals surface area contributed by atoms with E-state index in [9.17, 15) is 28.1 Å². The second-order valence-electron chi connectivity index (χ2n) is 4.40. The Bertz CT molecular complexity index is 730. The lowest BCUT2D eigenvalue weighted by molar-refractivity contribution is -0.385. The van der Waals surface area contributed by atoms with Crippen LogP contribution in [0, 0.1) is 10.1 Å². The lowest BCUT2D eigenvalue weighted by Crippen LogP contribution is -2.26. The molecule has 0 spiro atoms. The maximum absolute atomic E-state index is 12.4. The molecule has 1 amide bonds. The molecular formula is C13H10F3N3O3S. The van der Waals surface area contributed by atoms with Crippen molar-refractivity contribution < 1.29 is 22.9 Å². The zero-order chi connectivity index (χ0) is 17.0. The molecule has 0 aliphatic carbocycles. The molecule has 0 bridgehead atoms. The van der Waals surface area contributed by atoms with Crippen molar-refractivity contribution >= 4 is 22.9 Å². The van der Waals surface area contributed by atoms with Crippen LogP contribution in [0.2, 0.25) is 0 Å². The third kappa shape index (κ3) is 4.25. The van der Waals surface area contributed by atoms with Crippen molar-refractivity contribution in [2.24, 2.45) is 0 Å². The molecule has 1 aromatic heterocycles. The first-order valence-corrected chi connectivity index (χ1v) is 7.20. The minimum atomic E-state index is -4.50. The summed E-state index contributed by atoms with van der Waals surface area (Å²) in [6.07, 6.45) is -4.39. The number of hydrogen-bond donors (Lipinski definition) is 1. The van der Waals surface area contributed by atoms with Crippen LogP contribution in [-0.2, 0) is 12.6 Å². The molecular weight excluding hydrogens is 335 g/mol. The maximum Gasteiger partial charge on any atom is 0.434 e. The molecule has 2 aromatic rings. The Hall–Kier alpha value is -2.49. The molecule has 0 saturated carbocycles. The van der Waals surface area contributed by atoms with Gasteiger partial charge in [0.15, 0.2) is 5.69 Å². The third-order valence-electron chi connectivity index (χ3n) is 2.81. The zero-order valence-electron chi connectivity index (χ0n) is 11.5. The number of nitrogens with one attached hydrogen (secondary N) is 1. The summed E-state index contributed by atoms with van der Waals surface area (Å²) in [5, 5.41) is 14.4. The minimum absolute atomic E-state index is 0.0235. The van der Waals surface area contributed by atoms with Crippen LogP contribution in [0.25, 0.3) is 0 Å². The van der Waals surface area contributed by atoms with Gasteiger partial charge in [0.1, 0.15) is 5.56 Å². The van der Waals surface area contributed by atoms with Gasteiger partial charge in [-0.05, 0) is 6.07 Å². The van der Waals surface area contributed by atoms with E-state index in [-0.39, 0.29) is 29.2 Å². The Balaban J connectivity index is 1.95. The Morgan fingerprint density at radius 3 is 2.65 bits per heavy atom. The smallest absolute Gasteiger partial charge is 0.351 e. The minimum Gasteiger partial charge on any atom is -0.351 e. The average Bonchev–Trinajstić information content (AvgIpc) is 2.96. The molecule has 0 aliphatic heterocycles. The highest BCUT2D eigenvalue weighted by molar-refractivity contribution is 7.09. The molecule has 6 nitrogen and oxygen atoms in total. The van der Waals surface area contributed by atoms with Crippen LogP contribution in [0.15, 0.2) is 29.6 Å². The van der Waals surface area contributed by atoms with Crippen LogP contribution in [0.3, 0.4) is 0 Å². The number of para-hydroxylation sites is 1. The first-order valence-electron chi connectivity index (χ1n) is 6.32. The van der Waals surface area contributed by atoms with Gasteiger partial charge in [-0.25, -0.2) is 4.98 Å². The van der Waals surface area contributed by atoms with Crippen LogP contribution in [-0.4, -0.2) is 22.4 Å². The number of carbonyl (C=O) groups is 1. The Morgan fingerprint density at radius 1 is 1.35 bits per heavy atom. The highest BCUT2D eigenvalue weighted by Gasteiger charge is 2.33. The average molecular weight is 345 g/mol. The number of nitrogens with zero attached hydrogens (tertiary/aromatic N) is 2. The Kier molecular flexibility index (Phi) is 4.94. The van der Waals surface area contributed by atoms with Crippen LogP contribution in [0.4, 0.5) is 18.9 Å². The molecule has 0 radical (unpaired) electrons. The number of aromatic nitrogens is 1. The summed E-state index contributed by atoms with van der Waals surface area (Å²) < 4.78 is 37.2. The topological polar surface area (TPSA) is 85.1 Å². The number of thiazole rings is 1. The van der Waals surface area contributed by atoms with E-state index in [1.54, 1.807) is 0 Å². The molecule has 1 aromatic carbocycles. The number of nitro groups is 1. The predicted molar refractivity (Wildman–Crippen MR) is 76.2 cm³/mol. The highest BCUT2D eigenvalue weighted by Crippen LogP contribution is 2.30. The molecule has 0 fully saturated rings. The summed E-state index contributed by atoms with van der Waals surface area (Å²) in [6, 6.07) is 5.42. The number of benzene rings is 1. The second kappa shape index (κ2) is 6.73. The van der Waals surface area contributed by atoms with Crippen molar-refractivity contribution in [3.05, 3.63) is 56.0 Å². The fourth-order valence-corrected chi connectivity index (χ4v) is 2.56. The number of halogens is 3. The summed E-state index contributed by atoms with van der Waals surface area (Å²) in [7, 11) is 0. The first-order chi connectivity index (χ1) is 10.8. The normalized spacial score (nSPS) is 11.3. The number of alkyl halides is 3. The van der Waals surface area contributed by atoms with Gasteiger partial charge in [0.05, 0.1) is 9.93 Å². The van der Waals surface area contributed by atoms with Crippen LogP contribution < -0.4 is 5.32 Å². The standard InChI is InChI=1S/C13H10F3N3O3S/c14-13(15,16)10-7-23-11(18-10)5-6-17-12(20)8-3-1-2-4-9(8)19(21)22/h1-4,7H,5-6H2,(H,17,20). The lowest BCUT2D eigenvalue weighted by atomic mass is 10.1. The van der Waals surface area contributed by atoms with E-state index in [1.807, 2.05) is 0 Å². The van der Waals surface area contributed by atoms with Gasteiger partial charge >= 0.3 is 6.18 Å². The van der Waals surface area contributed by atoms with Gasteiger partial charge in [-0.1, -0.05) is 12.1 Å². The van der Waals surface area contributed by atoms with Gasteiger partial charge in [-0.2, -0.15) is 13.2 Å². The van der Waals surface area contributed by atoms with E-state index in [2.05, 4.69) is 10.3 Å². The fraction of sp³-hybridized carbons (Fsp3) is 0.231. The Labute approximate surface area is 132 Å². The van der Waals surface area contributed by atoms with Crippen molar-refractivity contribution in [3.8, 4) is 0 Å². The molecule has 23 heavy (non-hydrogen) atoms. The third-order valence-corrected chi connectivity index (χ3v) is 3.72. The van der Waals surface area contributed by atoms with Crippen molar-refractivity contribution in [1.29, 1.82) is 0 Å². The van der Waals surface area contributed by atoms with E-state index in [1.165, 1.54) is 24.3 Å². The second-order valence-corrected chi connectivity index (χ2v) is 5.35. The largest absolute Gasteiger partial charge is 0.434 e. The number of carbonyl (C=O) groups excluding carboxylic acids is 1.